The summed E-state index contributed by atoms with van der Waals surface area (Å²) >= 11 is 0. The molecule has 0 fully saturated rings. The molecular formula is C21H26N6O4S. The third-order valence-corrected chi connectivity index (χ3v) is 6.84. The SMILES string of the molecule is CCOc1ccc(NC(=O)Cc2ccc(-n3cnnn3)cc2)cc1S(=O)(=O)N(CC)CC. The molecule has 0 aliphatic rings. The van der Waals surface area contributed by atoms with Gasteiger partial charge in [0, 0.05) is 18.8 Å². The zero-order valence-electron chi connectivity index (χ0n) is 18.2. The van der Waals surface area contributed by atoms with Crippen molar-refractivity contribution in [1.82, 2.24) is 24.5 Å². The molecule has 0 saturated heterocycles. The van der Waals surface area contributed by atoms with Crippen molar-refractivity contribution >= 4 is 21.6 Å². The van der Waals surface area contributed by atoms with Gasteiger partial charge in [0.15, 0.2) is 0 Å². The normalized spacial score (nSPS) is 11.5. The third-order valence-electron chi connectivity index (χ3n) is 4.77. The molecule has 0 unspecified atom stereocenters. The number of ether oxygens (including phenoxy) is 1. The minimum Gasteiger partial charge on any atom is -0.492 e. The molecule has 1 amide bonds. The van der Waals surface area contributed by atoms with Crippen molar-refractivity contribution in [2.24, 2.45) is 0 Å². The van der Waals surface area contributed by atoms with Crippen molar-refractivity contribution in [3.63, 3.8) is 0 Å². The van der Waals surface area contributed by atoms with Gasteiger partial charge < -0.3 is 10.1 Å². The van der Waals surface area contributed by atoms with Gasteiger partial charge in [-0.3, -0.25) is 4.79 Å². The maximum Gasteiger partial charge on any atom is 0.246 e. The average Bonchev–Trinajstić information content (AvgIpc) is 3.31. The number of rotatable bonds is 10. The Bertz CT molecular complexity index is 1140. The van der Waals surface area contributed by atoms with E-state index in [0.717, 1.165) is 11.3 Å². The van der Waals surface area contributed by atoms with Crippen LogP contribution in [0.3, 0.4) is 0 Å². The maximum absolute atomic E-state index is 13.1. The van der Waals surface area contributed by atoms with Crippen molar-refractivity contribution in [2.75, 3.05) is 25.0 Å². The second-order valence-corrected chi connectivity index (χ2v) is 8.74. The van der Waals surface area contributed by atoms with Crippen molar-refractivity contribution in [1.29, 1.82) is 0 Å². The Labute approximate surface area is 187 Å². The van der Waals surface area contributed by atoms with Gasteiger partial charge in [0.2, 0.25) is 15.9 Å². The Morgan fingerprint density at radius 2 is 1.81 bits per heavy atom. The van der Waals surface area contributed by atoms with E-state index in [-0.39, 0.29) is 23.0 Å². The highest BCUT2D eigenvalue weighted by Crippen LogP contribution is 2.30. The summed E-state index contributed by atoms with van der Waals surface area (Å²) in [5.74, 6) is -0.00823. The van der Waals surface area contributed by atoms with Gasteiger partial charge in [-0.1, -0.05) is 26.0 Å². The van der Waals surface area contributed by atoms with E-state index < -0.39 is 10.0 Å². The molecule has 0 radical (unpaired) electrons. The maximum atomic E-state index is 13.1. The minimum absolute atomic E-state index is 0.0339. The predicted octanol–water partition coefficient (Wildman–Crippen LogP) is 2.27. The first-order valence-corrected chi connectivity index (χ1v) is 11.7. The number of hydrogen-bond donors (Lipinski definition) is 1. The van der Waals surface area contributed by atoms with Crippen LogP contribution in [-0.4, -0.2) is 58.5 Å². The van der Waals surface area contributed by atoms with Gasteiger partial charge in [0.25, 0.3) is 0 Å². The molecule has 10 nitrogen and oxygen atoms in total. The van der Waals surface area contributed by atoms with Crippen LogP contribution in [0.1, 0.15) is 26.3 Å². The van der Waals surface area contributed by atoms with Gasteiger partial charge in [-0.05, 0) is 53.2 Å². The summed E-state index contributed by atoms with van der Waals surface area (Å²) in [7, 11) is -3.76. The molecule has 0 saturated carbocycles. The average molecular weight is 459 g/mol. The van der Waals surface area contributed by atoms with Crippen LogP contribution in [0.25, 0.3) is 5.69 Å². The summed E-state index contributed by atoms with van der Waals surface area (Å²) in [6.07, 6.45) is 1.61. The fourth-order valence-corrected chi connectivity index (χ4v) is 4.82. The lowest BCUT2D eigenvalue weighted by Gasteiger charge is -2.21. The number of sulfonamides is 1. The molecule has 32 heavy (non-hydrogen) atoms. The van der Waals surface area contributed by atoms with Crippen LogP contribution >= 0.6 is 0 Å². The fraction of sp³-hybridized carbons (Fsp3) is 0.333. The van der Waals surface area contributed by atoms with Crippen molar-refractivity contribution in [3.8, 4) is 11.4 Å². The summed E-state index contributed by atoms with van der Waals surface area (Å²) in [6, 6.07) is 11.9. The Balaban J connectivity index is 1.77. The summed E-state index contributed by atoms with van der Waals surface area (Å²) in [5, 5.41) is 13.8. The topological polar surface area (TPSA) is 119 Å². The summed E-state index contributed by atoms with van der Waals surface area (Å²) in [6.45, 7) is 6.33. The number of benzene rings is 2. The molecule has 3 aromatic rings. The molecule has 0 spiro atoms. The highest BCUT2D eigenvalue weighted by Gasteiger charge is 2.26. The van der Waals surface area contributed by atoms with Gasteiger partial charge in [-0.2, -0.15) is 4.31 Å². The van der Waals surface area contributed by atoms with E-state index in [9.17, 15) is 13.2 Å². The highest BCUT2D eigenvalue weighted by molar-refractivity contribution is 7.89. The van der Waals surface area contributed by atoms with Crippen LogP contribution in [-0.2, 0) is 21.2 Å². The highest BCUT2D eigenvalue weighted by atomic mass is 32.2. The Hall–Kier alpha value is -3.31. The molecule has 1 N–H and O–H groups in total. The van der Waals surface area contributed by atoms with Gasteiger partial charge in [-0.25, -0.2) is 13.1 Å². The Morgan fingerprint density at radius 1 is 1.09 bits per heavy atom. The van der Waals surface area contributed by atoms with Crippen LogP contribution in [0.4, 0.5) is 5.69 Å². The smallest absolute Gasteiger partial charge is 0.246 e. The largest absolute Gasteiger partial charge is 0.492 e. The van der Waals surface area contributed by atoms with Crippen molar-refractivity contribution in [2.45, 2.75) is 32.1 Å². The number of nitrogens with zero attached hydrogens (tertiary/aromatic N) is 5. The van der Waals surface area contributed by atoms with E-state index in [0.29, 0.717) is 25.4 Å². The monoisotopic (exact) mass is 458 g/mol. The molecule has 0 aliphatic heterocycles. The van der Waals surface area contributed by atoms with E-state index in [1.54, 1.807) is 32.9 Å². The van der Waals surface area contributed by atoms with Crippen LogP contribution in [0.2, 0.25) is 0 Å². The van der Waals surface area contributed by atoms with Gasteiger partial charge in [0.1, 0.15) is 17.0 Å². The Morgan fingerprint density at radius 3 is 2.41 bits per heavy atom. The fourth-order valence-electron chi connectivity index (χ4n) is 3.20. The van der Waals surface area contributed by atoms with E-state index in [4.69, 9.17) is 4.74 Å². The number of carbonyl (C=O) groups excluding carboxylic acids is 1. The summed E-state index contributed by atoms with van der Waals surface area (Å²) < 4.78 is 34.5. The Kier molecular flexibility index (Phi) is 7.54. The van der Waals surface area contributed by atoms with E-state index in [1.807, 2.05) is 24.3 Å². The number of anilines is 1. The first-order valence-electron chi connectivity index (χ1n) is 10.3. The first-order chi connectivity index (χ1) is 15.4. The second kappa shape index (κ2) is 10.3. The molecule has 1 heterocycles. The van der Waals surface area contributed by atoms with Gasteiger partial charge in [0.05, 0.1) is 18.7 Å². The first kappa shape index (κ1) is 23.4. The quantitative estimate of drug-likeness (QED) is 0.495. The molecule has 11 heteroatoms. The lowest BCUT2D eigenvalue weighted by molar-refractivity contribution is -0.115. The number of tetrazole rings is 1. The van der Waals surface area contributed by atoms with Crippen LogP contribution < -0.4 is 10.1 Å². The summed E-state index contributed by atoms with van der Waals surface area (Å²) in [5.41, 5.74) is 1.95. The lowest BCUT2D eigenvalue weighted by atomic mass is 10.1. The standard InChI is InChI=1S/C21H26N6O4S/c1-4-26(5-2)32(29,30)20-14-17(9-12-19(20)31-6-3)23-21(28)13-16-7-10-18(11-8-16)27-15-22-24-25-27/h7-12,14-15H,4-6,13H2,1-3H3,(H,23,28). The van der Waals surface area contributed by atoms with Crippen molar-refractivity contribution in [3.05, 3.63) is 54.4 Å². The molecule has 0 bridgehead atoms. The number of carbonyl (C=O) groups is 1. The molecule has 1 aromatic heterocycles. The zero-order chi connectivity index (χ0) is 23.1. The third kappa shape index (κ3) is 5.29. The molecule has 2 aromatic carbocycles. The molecule has 170 valence electrons. The molecule has 3 rings (SSSR count). The predicted molar refractivity (Wildman–Crippen MR) is 119 cm³/mol. The van der Waals surface area contributed by atoms with E-state index in [1.165, 1.54) is 21.4 Å². The number of nitrogens with one attached hydrogen (secondary N) is 1. The molecule has 0 aliphatic carbocycles. The molecule has 0 atom stereocenters. The number of amides is 1. The minimum atomic E-state index is -3.76. The zero-order valence-corrected chi connectivity index (χ0v) is 19.0. The van der Waals surface area contributed by atoms with Gasteiger partial charge in [-0.15, -0.1) is 5.10 Å². The summed E-state index contributed by atoms with van der Waals surface area (Å²) in [4.78, 5) is 12.6. The number of aromatic nitrogens is 4. The van der Waals surface area contributed by atoms with Crippen LogP contribution in [0.5, 0.6) is 5.75 Å². The van der Waals surface area contributed by atoms with Crippen LogP contribution in [0, 0.1) is 0 Å². The van der Waals surface area contributed by atoms with Crippen LogP contribution in [0.15, 0.2) is 53.7 Å². The van der Waals surface area contributed by atoms with E-state index >= 15 is 0 Å². The molecular weight excluding hydrogens is 432 g/mol. The van der Waals surface area contributed by atoms with Crippen molar-refractivity contribution < 1.29 is 17.9 Å². The van der Waals surface area contributed by atoms with E-state index in [2.05, 4.69) is 20.8 Å². The van der Waals surface area contributed by atoms with Gasteiger partial charge >= 0.3 is 0 Å². The lowest BCUT2D eigenvalue weighted by Crippen LogP contribution is -2.31. The second-order valence-electron chi connectivity index (χ2n) is 6.83. The number of hydrogen-bond acceptors (Lipinski definition) is 7.